The van der Waals surface area contributed by atoms with E-state index >= 15 is 0 Å². The molecule has 0 aliphatic carbocycles. The summed E-state index contributed by atoms with van der Waals surface area (Å²) in [5, 5.41) is 7.92. The number of para-hydroxylation sites is 1. The first kappa shape index (κ1) is 29.2. The molecule has 212 valence electrons. The van der Waals surface area contributed by atoms with Gasteiger partial charge in [0.2, 0.25) is 17.6 Å². The molecule has 9 heteroatoms. The molecule has 0 radical (unpaired) electrons. The number of benzene rings is 3. The number of fused-ring (bicyclic) bond motifs is 1. The van der Waals surface area contributed by atoms with Crippen molar-refractivity contribution < 1.29 is 24.0 Å². The molecule has 0 fully saturated rings. The summed E-state index contributed by atoms with van der Waals surface area (Å²) in [5.41, 5.74) is 2.77. The van der Waals surface area contributed by atoms with E-state index in [1.54, 1.807) is 56.3 Å². The molecule has 0 bridgehead atoms. The lowest BCUT2D eigenvalue weighted by atomic mass is 9.98. The molecule has 3 unspecified atom stereocenters. The van der Waals surface area contributed by atoms with Gasteiger partial charge in [0.1, 0.15) is 12.1 Å². The number of hydrogen-bond acceptors (Lipinski definition) is 5. The van der Waals surface area contributed by atoms with Crippen LogP contribution >= 0.6 is 0 Å². The molecule has 0 saturated heterocycles. The SMILES string of the molecule is CC(NC(=O)C1Cc2ccccc2N1C(=O)c1ccccc1)C(=O)NC(C(=O)C(=O)NCc1ccccc1)C(C)C. The lowest BCUT2D eigenvalue weighted by molar-refractivity contribution is -0.141. The van der Waals surface area contributed by atoms with Gasteiger partial charge in [-0.2, -0.15) is 0 Å². The summed E-state index contributed by atoms with van der Waals surface area (Å²) in [6, 6.07) is 22.2. The molecule has 3 aromatic carbocycles. The molecular weight excluding hydrogens is 520 g/mol. The first-order chi connectivity index (χ1) is 19.7. The van der Waals surface area contributed by atoms with E-state index in [0.717, 1.165) is 11.1 Å². The van der Waals surface area contributed by atoms with Crippen molar-refractivity contribution in [2.75, 3.05) is 4.90 Å². The van der Waals surface area contributed by atoms with Gasteiger partial charge >= 0.3 is 0 Å². The highest BCUT2D eigenvalue weighted by molar-refractivity contribution is 6.38. The second-order valence-electron chi connectivity index (χ2n) is 10.4. The highest BCUT2D eigenvalue weighted by Gasteiger charge is 2.39. The normalized spacial score (nSPS) is 15.4. The van der Waals surface area contributed by atoms with E-state index < -0.39 is 41.6 Å². The van der Waals surface area contributed by atoms with Crippen LogP contribution in [0.1, 0.15) is 42.3 Å². The number of Topliss-reactive ketones (excluding diaryl/α,β-unsaturated/α-hetero) is 1. The third-order valence-electron chi connectivity index (χ3n) is 7.04. The predicted octanol–water partition coefficient (Wildman–Crippen LogP) is 2.79. The van der Waals surface area contributed by atoms with Gasteiger partial charge in [-0.05, 0) is 42.2 Å². The van der Waals surface area contributed by atoms with Crippen LogP contribution < -0.4 is 20.9 Å². The molecule has 1 heterocycles. The third-order valence-corrected chi connectivity index (χ3v) is 7.04. The van der Waals surface area contributed by atoms with Gasteiger partial charge in [-0.3, -0.25) is 28.9 Å². The van der Waals surface area contributed by atoms with Gasteiger partial charge in [-0.25, -0.2) is 0 Å². The maximum absolute atomic E-state index is 13.4. The van der Waals surface area contributed by atoms with Crippen LogP contribution in [0.25, 0.3) is 0 Å². The zero-order valence-corrected chi connectivity index (χ0v) is 23.3. The lowest BCUT2D eigenvalue weighted by Crippen LogP contribution is -2.57. The number of anilines is 1. The van der Waals surface area contributed by atoms with Gasteiger partial charge in [0, 0.05) is 24.2 Å². The lowest BCUT2D eigenvalue weighted by Gasteiger charge is -2.27. The highest BCUT2D eigenvalue weighted by atomic mass is 16.2. The molecule has 3 aromatic rings. The Morgan fingerprint density at radius 3 is 2.07 bits per heavy atom. The minimum Gasteiger partial charge on any atom is -0.345 e. The molecule has 0 spiro atoms. The number of amides is 4. The summed E-state index contributed by atoms with van der Waals surface area (Å²) in [4.78, 5) is 66.9. The van der Waals surface area contributed by atoms with Crippen molar-refractivity contribution in [3.63, 3.8) is 0 Å². The van der Waals surface area contributed by atoms with Crippen molar-refractivity contribution in [1.29, 1.82) is 0 Å². The fourth-order valence-corrected chi connectivity index (χ4v) is 4.76. The average Bonchev–Trinajstić information content (AvgIpc) is 3.38. The van der Waals surface area contributed by atoms with E-state index in [-0.39, 0.29) is 18.4 Å². The second kappa shape index (κ2) is 13.0. The summed E-state index contributed by atoms with van der Waals surface area (Å²) >= 11 is 0. The average molecular weight is 555 g/mol. The van der Waals surface area contributed by atoms with E-state index in [1.807, 2.05) is 42.5 Å². The Bertz CT molecular complexity index is 1420. The number of ketones is 1. The largest absolute Gasteiger partial charge is 0.345 e. The van der Waals surface area contributed by atoms with Gasteiger partial charge < -0.3 is 16.0 Å². The van der Waals surface area contributed by atoms with E-state index in [9.17, 15) is 24.0 Å². The van der Waals surface area contributed by atoms with Gasteiger partial charge in [-0.15, -0.1) is 0 Å². The predicted molar refractivity (Wildman–Crippen MR) is 155 cm³/mol. The first-order valence-electron chi connectivity index (χ1n) is 13.6. The minimum atomic E-state index is -1.08. The summed E-state index contributed by atoms with van der Waals surface area (Å²) in [6.07, 6.45) is 0.295. The molecule has 1 aliphatic heterocycles. The molecule has 4 amide bonds. The number of hydrogen-bond donors (Lipinski definition) is 3. The third kappa shape index (κ3) is 6.87. The van der Waals surface area contributed by atoms with E-state index in [1.165, 1.54) is 11.8 Å². The van der Waals surface area contributed by atoms with Crippen LogP contribution in [0.3, 0.4) is 0 Å². The Labute approximate surface area is 239 Å². The number of carbonyl (C=O) groups excluding carboxylic acids is 5. The van der Waals surface area contributed by atoms with Crippen molar-refractivity contribution in [3.8, 4) is 0 Å². The van der Waals surface area contributed by atoms with Crippen molar-refractivity contribution in [2.45, 2.75) is 51.9 Å². The van der Waals surface area contributed by atoms with Crippen LogP contribution in [0.4, 0.5) is 5.69 Å². The summed E-state index contributed by atoms with van der Waals surface area (Å²) in [6.45, 7) is 5.12. The van der Waals surface area contributed by atoms with Crippen LogP contribution in [0.5, 0.6) is 0 Å². The number of carbonyl (C=O) groups is 5. The highest BCUT2D eigenvalue weighted by Crippen LogP contribution is 2.33. The van der Waals surface area contributed by atoms with Crippen molar-refractivity contribution in [1.82, 2.24) is 16.0 Å². The Hall–Kier alpha value is -4.79. The molecule has 1 aliphatic rings. The van der Waals surface area contributed by atoms with Crippen LogP contribution in [0.2, 0.25) is 0 Å². The quantitative estimate of drug-likeness (QED) is 0.333. The summed E-state index contributed by atoms with van der Waals surface area (Å²) < 4.78 is 0. The van der Waals surface area contributed by atoms with Crippen LogP contribution in [0, 0.1) is 5.92 Å². The molecule has 9 nitrogen and oxygen atoms in total. The standard InChI is InChI=1S/C32H34N4O5/c1-20(2)27(28(37)31(40)33-19-22-12-6-4-7-13-22)35-29(38)21(3)34-30(39)26-18-24-16-10-11-17-25(24)36(26)32(41)23-14-8-5-9-15-23/h4-17,20-21,26-27H,18-19H2,1-3H3,(H,33,40)(H,34,39)(H,35,38). The second-order valence-corrected chi connectivity index (χ2v) is 10.4. The zero-order valence-electron chi connectivity index (χ0n) is 23.3. The van der Waals surface area contributed by atoms with Gasteiger partial charge in [0.05, 0.1) is 6.04 Å². The summed E-state index contributed by atoms with van der Waals surface area (Å²) in [7, 11) is 0. The number of rotatable bonds is 10. The summed E-state index contributed by atoms with van der Waals surface area (Å²) in [5.74, 6) is -3.38. The van der Waals surface area contributed by atoms with Crippen LogP contribution in [-0.4, -0.2) is 47.5 Å². The Balaban J connectivity index is 1.41. The molecule has 3 atom stereocenters. The topological polar surface area (TPSA) is 125 Å². The molecule has 0 aromatic heterocycles. The van der Waals surface area contributed by atoms with Crippen LogP contribution in [0.15, 0.2) is 84.9 Å². The molecule has 41 heavy (non-hydrogen) atoms. The van der Waals surface area contributed by atoms with Crippen LogP contribution in [-0.2, 0) is 32.1 Å². The van der Waals surface area contributed by atoms with Gasteiger partial charge in [0.15, 0.2) is 0 Å². The van der Waals surface area contributed by atoms with Crippen molar-refractivity contribution in [3.05, 3.63) is 102 Å². The van der Waals surface area contributed by atoms with Gasteiger partial charge in [-0.1, -0.05) is 80.6 Å². The minimum absolute atomic E-state index is 0.179. The molecular formula is C32H34N4O5. The van der Waals surface area contributed by atoms with E-state index in [2.05, 4.69) is 16.0 Å². The molecule has 4 rings (SSSR count). The fraction of sp³-hybridized carbons (Fsp3) is 0.281. The number of nitrogens with one attached hydrogen (secondary N) is 3. The molecule has 0 saturated carbocycles. The molecule has 3 N–H and O–H groups in total. The fourth-order valence-electron chi connectivity index (χ4n) is 4.76. The number of nitrogens with zero attached hydrogens (tertiary/aromatic N) is 1. The Morgan fingerprint density at radius 1 is 0.805 bits per heavy atom. The Morgan fingerprint density at radius 2 is 1.41 bits per heavy atom. The Kier molecular flexibility index (Phi) is 9.29. The smallest absolute Gasteiger partial charge is 0.289 e. The van der Waals surface area contributed by atoms with Gasteiger partial charge in [0.25, 0.3) is 11.8 Å². The van der Waals surface area contributed by atoms with Crippen molar-refractivity contribution >= 4 is 35.1 Å². The van der Waals surface area contributed by atoms with E-state index in [4.69, 9.17) is 0 Å². The first-order valence-corrected chi connectivity index (χ1v) is 13.6. The van der Waals surface area contributed by atoms with E-state index in [0.29, 0.717) is 17.7 Å². The monoisotopic (exact) mass is 554 g/mol. The zero-order chi connectivity index (χ0) is 29.5. The maximum Gasteiger partial charge on any atom is 0.289 e. The van der Waals surface area contributed by atoms with Crippen molar-refractivity contribution in [2.24, 2.45) is 5.92 Å². The maximum atomic E-state index is 13.4.